The molecule has 3 N–H and O–H groups in total. The Morgan fingerprint density at radius 3 is 2.80 bits per heavy atom. The maximum absolute atomic E-state index is 10.4. The van der Waals surface area contributed by atoms with Crippen molar-refractivity contribution < 1.29 is 9.46 Å². The topological polar surface area (TPSA) is 63.3 Å². The Morgan fingerprint density at radius 2 is 2.50 bits per heavy atom. The van der Waals surface area contributed by atoms with E-state index in [0.29, 0.717) is 12.1 Å². The molecule has 0 saturated heterocycles. The molecule has 3 nitrogen and oxygen atoms in total. The minimum atomic E-state index is -2.35. The van der Waals surface area contributed by atoms with Crippen LogP contribution in [0.4, 0.5) is 0 Å². The molecule has 0 bridgehead atoms. The third-order valence-electron chi connectivity index (χ3n) is 2.25. The fraction of sp³-hybridized carbons (Fsp3) is 1.00. The summed E-state index contributed by atoms with van der Waals surface area (Å²) in [4.78, 5) is 8.61. The van der Waals surface area contributed by atoms with E-state index in [2.05, 4.69) is 6.92 Å². The second-order valence-corrected chi connectivity index (χ2v) is 4.25. The van der Waals surface area contributed by atoms with E-state index in [1.807, 2.05) is 0 Å². The van der Waals surface area contributed by atoms with Crippen molar-refractivity contribution >= 4 is 8.03 Å². The molecule has 0 aromatic heterocycles. The molecule has 60 valence electrons. The van der Waals surface area contributed by atoms with E-state index >= 15 is 0 Å². The van der Waals surface area contributed by atoms with Gasteiger partial charge in [0, 0.05) is 11.7 Å². The molecule has 0 radical (unpaired) electrons. The molecule has 0 aliphatic heterocycles. The molecule has 1 unspecified atom stereocenters. The summed E-state index contributed by atoms with van der Waals surface area (Å²) in [6, 6.07) is 0. The lowest BCUT2D eigenvalue weighted by molar-refractivity contribution is 0.491. The van der Waals surface area contributed by atoms with E-state index in [4.69, 9.17) is 10.6 Å². The molecule has 1 aliphatic rings. The molecular weight excluding hydrogens is 149 g/mol. The predicted octanol–water partition coefficient (Wildman–Crippen LogP) is 0.581. The molecule has 10 heavy (non-hydrogen) atoms. The first-order valence-electron chi connectivity index (χ1n) is 3.59. The largest absolute Gasteiger partial charge is 0.346 e. The average Bonchev–Trinajstić information content (AvgIpc) is 2.39. The summed E-state index contributed by atoms with van der Waals surface area (Å²) in [6.45, 7) is 2.06. The van der Waals surface area contributed by atoms with Crippen LogP contribution in [0.3, 0.4) is 0 Å². The van der Waals surface area contributed by atoms with Gasteiger partial charge < -0.3 is 10.6 Å². The van der Waals surface area contributed by atoms with Gasteiger partial charge in [0.1, 0.15) is 0 Å². The van der Waals surface area contributed by atoms with Crippen LogP contribution in [-0.4, -0.2) is 16.6 Å². The van der Waals surface area contributed by atoms with Gasteiger partial charge in [0.25, 0.3) is 0 Å². The van der Waals surface area contributed by atoms with Crippen molar-refractivity contribution in [1.82, 2.24) is 0 Å². The lowest BCUT2D eigenvalue weighted by Gasteiger charge is -2.06. The van der Waals surface area contributed by atoms with Crippen molar-refractivity contribution in [2.24, 2.45) is 11.7 Å². The Morgan fingerprint density at radius 1 is 1.90 bits per heavy atom. The molecule has 1 saturated carbocycles. The summed E-state index contributed by atoms with van der Waals surface area (Å²) in [5.41, 5.74) is 5.49. The predicted molar refractivity (Wildman–Crippen MR) is 41.4 cm³/mol. The molecule has 4 heteroatoms. The number of nitrogens with two attached hydrogens (primary N) is 1. The van der Waals surface area contributed by atoms with Gasteiger partial charge in [-0.05, 0) is 12.3 Å². The molecule has 1 rings (SSSR count). The van der Waals surface area contributed by atoms with E-state index in [1.54, 1.807) is 0 Å². The van der Waals surface area contributed by atoms with Crippen LogP contribution in [0.2, 0.25) is 0 Å². The lowest BCUT2D eigenvalue weighted by atomic mass is 10.2. The Kier molecular flexibility index (Phi) is 2.18. The quantitative estimate of drug-likeness (QED) is 0.598. The maximum atomic E-state index is 10.4. The van der Waals surface area contributed by atoms with Crippen molar-refractivity contribution in [3.63, 3.8) is 0 Å². The van der Waals surface area contributed by atoms with E-state index < -0.39 is 8.03 Å². The van der Waals surface area contributed by atoms with Gasteiger partial charge >= 0.3 is 0 Å². The van der Waals surface area contributed by atoms with Crippen LogP contribution in [0.25, 0.3) is 0 Å². The van der Waals surface area contributed by atoms with Gasteiger partial charge in [-0.3, -0.25) is 4.57 Å². The van der Waals surface area contributed by atoms with Gasteiger partial charge in [0.15, 0.2) is 8.03 Å². The van der Waals surface area contributed by atoms with E-state index in [9.17, 15) is 4.57 Å². The van der Waals surface area contributed by atoms with Crippen molar-refractivity contribution in [3.05, 3.63) is 0 Å². The summed E-state index contributed by atoms with van der Waals surface area (Å²) >= 11 is 0. The summed E-state index contributed by atoms with van der Waals surface area (Å²) < 4.78 is 10.4. The lowest BCUT2D eigenvalue weighted by Crippen LogP contribution is -2.27. The van der Waals surface area contributed by atoms with Crippen molar-refractivity contribution in [1.29, 1.82) is 0 Å². The Balaban J connectivity index is 2.36. The maximum Gasteiger partial charge on any atom is 0.190 e. The smallest absolute Gasteiger partial charge is 0.190 e. The molecule has 0 aromatic carbocycles. The van der Waals surface area contributed by atoms with Crippen LogP contribution in [0.1, 0.15) is 19.8 Å². The highest BCUT2D eigenvalue weighted by Gasteiger charge is 2.49. The van der Waals surface area contributed by atoms with Crippen LogP contribution in [0.5, 0.6) is 0 Å². The Hall–Kier alpha value is 0.150. The average molecular weight is 163 g/mol. The summed E-state index contributed by atoms with van der Waals surface area (Å²) in [5, 5.41) is 0. The Labute approximate surface area is 61.5 Å². The fourth-order valence-corrected chi connectivity index (χ4v) is 2.44. The minimum Gasteiger partial charge on any atom is -0.346 e. The van der Waals surface area contributed by atoms with Crippen LogP contribution in [-0.2, 0) is 4.57 Å². The van der Waals surface area contributed by atoms with Gasteiger partial charge in [-0.15, -0.1) is 0 Å². The standard InChI is InChI=1S/C6H14NO2P/c1-2-5-3-6(5,7)4-10(8)9/h5,10H,2-4,7H2,1H3,(H,8,9)/t5-,6-/m0/s1. The van der Waals surface area contributed by atoms with E-state index in [-0.39, 0.29) is 5.54 Å². The van der Waals surface area contributed by atoms with E-state index in [1.165, 1.54) is 0 Å². The zero-order valence-electron chi connectivity index (χ0n) is 6.13. The highest BCUT2D eigenvalue weighted by Crippen LogP contribution is 2.47. The van der Waals surface area contributed by atoms with Crippen LogP contribution in [0, 0.1) is 5.92 Å². The summed E-state index contributed by atoms with van der Waals surface area (Å²) in [7, 11) is -2.35. The summed E-state index contributed by atoms with van der Waals surface area (Å²) in [5.74, 6) is 0.494. The van der Waals surface area contributed by atoms with Crippen molar-refractivity contribution in [3.8, 4) is 0 Å². The van der Waals surface area contributed by atoms with Gasteiger partial charge in [0.2, 0.25) is 0 Å². The van der Waals surface area contributed by atoms with Crippen LogP contribution in [0.15, 0.2) is 0 Å². The second kappa shape index (κ2) is 2.65. The first-order chi connectivity index (χ1) is 4.58. The molecule has 0 heterocycles. The SMILES string of the molecule is CC[C@H]1C[C@]1(N)C[PH](=O)O. The molecule has 0 amide bonds. The van der Waals surface area contributed by atoms with E-state index in [0.717, 1.165) is 12.8 Å². The molecule has 0 aromatic rings. The molecular formula is C6H14NO2P. The Bertz CT molecular complexity index is 162. The summed E-state index contributed by atoms with van der Waals surface area (Å²) in [6.07, 6.45) is 2.28. The van der Waals surface area contributed by atoms with Gasteiger partial charge in [0.05, 0.1) is 0 Å². The first kappa shape index (κ1) is 8.25. The number of rotatable bonds is 3. The highest BCUT2D eigenvalue weighted by atomic mass is 31.1. The van der Waals surface area contributed by atoms with Crippen LogP contribution < -0.4 is 5.73 Å². The fourth-order valence-electron chi connectivity index (χ4n) is 1.45. The zero-order valence-corrected chi connectivity index (χ0v) is 7.13. The monoisotopic (exact) mass is 163 g/mol. The molecule has 1 fully saturated rings. The molecule has 0 spiro atoms. The minimum absolute atomic E-state index is 0.278. The highest BCUT2D eigenvalue weighted by molar-refractivity contribution is 7.38. The van der Waals surface area contributed by atoms with Crippen LogP contribution >= 0.6 is 8.03 Å². The molecule has 3 atom stereocenters. The number of hydrogen-bond donors (Lipinski definition) is 2. The zero-order chi connectivity index (χ0) is 7.78. The van der Waals surface area contributed by atoms with Crippen molar-refractivity contribution in [2.75, 3.05) is 6.16 Å². The van der Waals surface area contributed by atoms with Gasteiger partial charge in [-0.25, -0.2) is 0 Å². The first-order valence-corrected chi connectivity index (χ1v) is 5.15. The third kappa shape index (κ3) is 1.60. The molecule has 1 aliphatic carbocycles. The third-order valence-corrected chi connectivity index (χ3v) is 3.21. The second-order valence-electron chi connectivity index (χ2n) is 3.11. The van der Waals surface area contributed by atoms with Gasteiger partial charge in [-0.1, -0.05) is 13.3 Å². The van der Waals surface area contributed by atoms with Crippen molar-refractivity contribution in [2.45, 2.75) is 25.3 Å². The van der Waals surface area contributed by atoms with Gasteiger partial charge in [-0.2, -0.15) is 0 Å². The normalized spacial score (nSPS) is 41.3. The number of hydrogen-bond acceptors (Lipinski definition) is 2.